The zero-order chi connectivity index (χ0) is 19.6. The van der Waals surface area contributed by atoms with Gasteiger partial charge < -0.3 is 0 Å². The molecule has 0 radical (unpaired) electrons. The first kappa shape index (κ1) is 20.0. The molecule has 4 rings (SSSR count). The van der Waals surface area contributed by atoms with Gasteiger partial charge in [-0.3, -0.25) is 0 Å². The summed E-state index contributed by atoms with van der Waals surface area (Å²) in [6.45, 7) is 4.89. The molecule has 144 valence electrons. The summed E-state index contributed by atoms with van der Waals surface area (Å²) >= 11 is 6.95. The molecule has 2 atom stereocenters. The minimum atomic E-state index is -0.806. The number of hydrogen-bond acceptors (Lipinski definition) is 5. The number of aryl methyl sites for hydroxylation is 2. The Morgan fingerprint density at radius 3 is 2.67 bits per heavy atom. The van der Waals surface area contributed by atoms with Gasteiger partial charge in [0.2, 0.25) is 0 Å². The van der Waals surface area contributed by atoms with Gasteiger partial charge in [0.25, 0.3) is 0 Å². The number of nitrogens with zero attached hydrogens (tertiary/aromatic N) is 4. The Labute approximate surface area is 165 Å². The molecule has 0 spiro atoms. The first-order chi connectivity index (χ1) is 13.0. The van der Waals surface area contributed by atoms with Gasteiger partial charge in [-0.05, 0) is 56.0 Å². The van der Waals surface area contributed by atoms with E-state index >= 15 is 0 Å². The van der Waals surface area contributed by atoms with Gasteiger partial charge in [-0.15, -0.1) is 0 Å². The maximum atomic E-state index is 12.8. The van der Waals surface area contributed by atoms with Crippen molar-refractivity contribution < 1.29 is 8.78 Å². The topological polar surface area (TPSA) is 55.6 Å². The molecule has 1 N–H and O–H groups in total. The molecule has 1 aliphatic carbocycles. The smallest absolute Gasteiger partial charge is 0.189 e. The van der Waals surface area contributed by atoms with Crippen molar-refractivity contribution in [3.63, 3.8) is 0 Å². The third kappa shape index (κ3) is 4.39. The first-order valence-corrected chi connectivity index (χ1v) is 10.1. The van der Waals surface area contributed by atoms with E-state index in [0.717, 1.165) is 46.5 Å². The van der Waals surface area contributed by atoms with Gasteiger partial charge in [0.15, 0.2) is 22.4 Å². The van der Waals surface area contributed by atoms with Gasteiger partial charge >= 0.3 is 0 Å². The highest BCUT2D eigenvalue weighted by Gasteiger charge is 2.38. The zero-order valence-electron chi connectivity index (χ0n) is 15.2. The number of nitrogens with one attached hydrogen (secondary N) is 1. The predicted octanol–water partition coefficient (Wildman–Crippen LogP) is 4.44. The lowest BCUT2D eigenvalue weighted by Crippen LogP contribution is -2.03. The summed E-state index contributed by atoms with van der Waals surface area (Å²) in [7, 11) is 0. The van der Waals surface area contributed by atoms with Crippen molar-refractivity contribution in [1.82, 2.24) is 24.6 Å². The molecule has 0 amide bonds. The minimum Gasteiger partial charge on any atom is -0.247 e. The van der Waals surface area contributed by atoms with Crippen molar-refractivity contribution in [3.8, 4) is 0 Å². The summed E-state index contributed by atoms with van der Waals surface area (Å²) in [6.07, 6.45) is 4.69. The van der Waals surface area contributed by atoms with Crippen LogP contribution in [0, 0.1) is 18.6 Å². The second-order valence-electron chi connectivity index (χ2n) is 6.22. The average molecular weight is 412 g/mol. The largest absolute Gasteiger partial charge is 0.247 e. The van der Waals surface area contributed by atoms with Crippen molar-refractivity contribution in [3.05, 3.63) is 47.3 Å². The second kappa shape index (κ2) is 8.50. The molecule has 1 aliphatic rings. The number of rotatable bonds is 4. The van der Waals surface area contributed by atoms with Crippen LogP contribution in [0.25, 0.3) is 11.0 Å². The van der Waals surface area contributed by atoms with Crippen LogP contribution in [0.4, 0.5) is 8.78 Å². The predicted molar refractivity (Wildman–Crippen MR) is 104 cm³/mol. The zero-order valence-corrected chi connectivity index (χ0v) is 16.8. The number of thioether (sulfide) groups is 1. The van der Waals surface area contributed by atoms with E-state index in [1.807, 2.05) is 24.1 Å². The molecule has 5 nitrogen and oxygen atoms in total. The molecule has 9 heteroatoms. The summed E-state index contributed by atoms with van der Waals surface area (Å²) in [6, 6.07) is 4.17. The molecule has 0 bridgehead atoms. The van der Waals surface area contributed by atoms with Gasteiger partial charge in [-0.25, -0.2) is 28.3 Å². The van der Waals surface area contributed by atoms with Gasteiger partial charge in [-0.1, -0.05) is 17.8 Å². The summed E-state index contributed by atoms with van der Waals surface area (Å²) in [5.74, 6) is -1.37. The fraction of sp³-hybridized carbons (Fsp3) is 0.389. The summed E-state index contributed by atoms with van der Waals surface area (Å²) in [4.78, 5) is 11.4. The fourth-order valence-corrected chi connectivity index (χ4v) is 3.47. The summed E-state index contributed by atoms with van der Waals surface area (Å²) < 4.78 is 27.2. The number of aromatic nitrogens is 4. The van der Waals surface area contributed by atoms with E-state index < -0.39 is 11.6 Å². The Morgan fingerprint density at radius 2 is 2.07 bits per heavy atom. The lowest BCUT2D eigenvalue weighted by atomic mass is 10.1. The minimum absolute atomic E-state index is 0.200. The number of fused-ring (bicyclic) bond motifs is 1. The second-order valence-corrected chi connectivity index (χ2v) is 7.22. The van der Waals surface area contributed by atoms with Crippen LogP contribution < -0.4 is 4.84 Å². The first-order valence-electron chi connectivity index (χ1n) is 8.53. The third-order valence-electron chi connectivity index (χ3n) is 4.45. The Balaban J connectivity index is 0.000000156. The van der Waals surface area contributed by atoms with Crippen LogP contribution in [-0.2, 0) is 6.54 Å². The molecule has 2 aromatic heterocycles. The van der Waals surface area contributed by atoms with Crippen LogP contribution in [0.15, 0.2) is 29.6 Å². The molecule has 1 fully saturated rings. The summed E-state index contributed by atoms with van der Waals surface area (Å²) in [5, 5.41) is 6.11. The fourth-order valence-electron chi connectivity index (χ4n) is 2.82. The summed E-state index contributed by atoms with van der Waals surface area (Å²) in [5.41, 5.74) is 2.74. The molecule has 1 unspecified atom stereocenters. The van der Waals surface area contributed by atoms with E-state index in [1.165, 1.54) is 6.07 Å². The van der Waals surface area contributed by atoms with Crippen molar-refractivity contribution in [2.24, 2.45) is 0 Å². The van der Waals surface area contributed by atoms with Crippen LogP contribution in [0.5, 0.6) is 0 Å². The van der Waals surface area contributed by atoms with Crippen LogP contribution in [-0.4, -0.2) is 32.0 Å². The Kier molecular flexibility index (Phi) is 6.29. The van der Waals surface area contributed by atoms with E-state index in [0.29, 0.717) is 0 Å². The molecule has 27 heavy (non-hydrogen) atoms. The van der Waals surface area contributed by atoms with Crippen molar-refractivity contribution >= 4 is 34.6 Å². The Hall–Kier alpha value is -1.77. The lowest BCUT2D eigenvalue weighted by molar-refractivity contribution is 0.507. The van der Waals surface area contributed by atoms with E-state index in [4.69, 9.17) is 11.8 Å². The standard InChI is InChI=1S/C9H8ClF2N.C9H12N4S/c10-13-9-4-6(9)5-1-2-7(11)8(12)3-5;1-4-13-8-7(5-10-13)6(2)11-9(12-8)14-3/h1-3,6,9,13H,4H2;5H,4H2,1-3H3/t6-,9?;/m0./s1. The van der Waals surface area contributed by atoms with Gasteiger partial charge in [0.05, 0.1) is 17.3 Å². The lowest BCUT2D eigenvalue weighted by Gasteiger charge is -2.01. The van der Waals surface area contributed by atoms with Crippen molar-refractivity contribution in [1.29, 1.82) is 0 Å². The third-order valence-corrected chi connectivity index (χ3v) is 5.28. The molecule has 0 aliphatic heterocycles. The van der Waals surface area contributed by atoms with Gasteiger partial charge in [0.1, 0.15) is 0 Å². The van der Waals surface area contributed by atoms with Crippen LogP contribution in [0.2, 0.25) is 0 Å². The molecule has 1 saturated carbocycles. The van der Waals surface area contributed by atoms with Crippen LogP contribution in [0.3, 0.4) is 0 Å². The van der Waals surface area contributed by atoms with E-state index in [9.17, 15) is 8.78 Å². The number of hydrogen-bond donors (Lipinski definition) is 1. The molecule has 3 aromatic rings. The monoisotopic (exact) mass is 411 g/mol. The Bertz CT molecular complexity index is 949. The Morgan fingerprint density at radius 1 is 1.30 bits per heavy atom. The van der Waals surface area contributed by atoms with E-state index in [2.05, 4.69) is 26.8 Å². The molecular formula is C18H20ClF2N5S. The van der Waals surface area contributed by atoms with Crippen molar-refractivity contribution in [2.75, 3.05) is 6.26 Å². The molecule has 2 heterocycles. The molecule has 1 aromatic carbocycles. The average Bonchev–Trinajstić information content (AvgIpc) is 3.35. The SMILES string of the molecule is CCn1ncc2c(C)nc(SC)nc21.Fc1ccc([C@@H]2CC2NCl)cc1F. The van der Waals surface area contributed by atoms with Crippen molar-refractivity contribution in [2.45, 2.75) is 43.9 Å². The highest BCUT2D eigenvalue weighted by atomic mass is 35.5. The van der Waals surface area contributed by atoms with Crippen LogP contribution >= 0.6 is 23.5 Å². The van der Waals surface area contributed by atoms with Gasteiger partial charge in [-0.2, -0.15) is 5.10 Å². The maximum Gasteiger partial charge on any atom is 0.189 e. The highest BCUT2D eigenvalue weighted by molar-refractivity contribution is 7.98. The number of halogens is 3. The van der Waals surface area contributed by atoms with Gasteiger partial charge in [0, 0.05) is 18.5 Å². The normalized spacial score (nSPS) is 18.3. The molecular weight excluding hydrogens is 392 g/mol. The quantitative estimate of drug-likeness (QED) is 0.390. The van der Waals surface area contributed by atoms with Crippen LogP contribution in [0.1, 0.15) is 30.5 Å². The molecule has 0 saturated heterocycles. The number of benzene rings is 1. The van der Waals surface area contributed by atoms with E-state index in [1.54, 1.807) is 17.8 Å². The van der Waals surface area contributed by atoms with E-state index in [-0.39, 0.29) is 12.0 Å². The highest BCUT2D eigenvalue weighted by Crippen LogP contribution is 2.41. The maximum absolute atomic E-state index is 12.8.